The van der Waals surface area contributed by atoms with E-state index in [1.54, 1.807) is 6.92 Å². The predicted molar refractivity (Wildman–Crippen MR) is 80.9 cm³/mol. The second kappa shape index (κ2) is 8.37. The molecule has 1 rings (SSSR count). The maximum Gasteiger partial charge on any atom is 0.442 e. The third kappa shape index (κ3) is 4.70. The van der Waals surface area contributed by atoms with E-state index in [1.165, 1.54) is 0 Å². The predicted octanol–water partition coefficient (Wildman–Crippen LogP) is 1.90. The number of hydrogen-bond donors (Lipinski definition) is 0. The maximum absolute atomic E-state index is 11.8. The molecule has 1 aromatic carbocycles. The number of carbonyl (C=O) groups is 2. The first kappa shape index (κ1) is 16.2. The van der Waals surface area contributed by atoms with Crippen LogP contribution in [0.3, 0.4) is 0 Å². The summed E-state index contributed by atoms with van der Waals surface area (Å²) in [7, 11) is 0. The van der Waals surface area contributed by atoms with Crippen molar-refractivity contribution in [2.24, 2.45) is 0 Å². The van der Waals surface area contributed by atoms with Crippen LogP contribution in [0.1, 0.15) is 12.5 Å². The van der Waals surface area contributed by atoms with Crippen molar-refractivity contribution in [2.45, 2.75) is 6.92 Å². The first-order valence-corrected chi connectivity index (χ1v) is 7.14. The Balaban J connectivity index is 2.61. The number of hydrogen-bond acceptors (Lipinski definition) is 5. The molecule has 1 aromatic rings. The largest absolute Gasteiger partial charge is 0.457 e. The highest BCUT2D eigenvalue weighted by atomic mass is 32.2. The summed E-state index contributed by atoms with van der Waals surface area (Å²) in [5.41, 5.74) is 8.90. The van der Waals surface area contributed by atoms with E-state index >= 15 is 0 Å². The van der Waals surface area contributed by atoms with Crippen LogP contribution in [0.2, 0.25) is 0 Å². The van der Waals surface area contributed by atoms with Crippen molar-refractivity contribution in [2.75, 3.05) is 12.4 Å². The molecule has 0 aliphatic rings. The average molecular weight is 308 g/mol. The number of ketones is 1. The van der Waals surface area contributed by atoms with Crippen molar-refractivity contribution in [3.05, 3.63) is 41.4 Å². The SMILES string of the molecule is CCOC(=O)C(=[N+]=[N-])C(=O)CSC(=S)c1ccccc1. The van der Waals surface area contributed by atoms with Crippen LogP contribution in [0.4, 0.5) is 0 Å². The van der Waals surface area contributed by atoms with Crippen molar-refractivity contribution >= 4 is 45.6 Å². The molecule has 104 valence electrons. The molecule has 0 heterocycles. The van der Waals surface area contributed by atoms with E-state index in [-0.39, 0.29) is 12.4 Å². The highest BCUT2D eigenvalue weighted by molar-refractivity contribution is 8.24. The number of esters is 1. The van der Waals surface area contributed by atoms with Gasteiger partial charge < -0.3 is 10.3 Å². The Morgan fingerprint density at radius 1 is 1.35 bits per heavy atom. The van der Waals surface area contributed by atoms with E-state index in [2.05, 4.69) is 9.53 Å². The van der Waals surface area contributed by atoms with E-state index < -0.39 is 17.5 Å². The Morgan fingerprint density at radius 2 is 2.00 bits per heavy atom. The van der Waals surface area contributed by atoms with Gasteiger partial charge in [-0.25, -0.2) is 4.79 Å². The molecule has 0 bridgehead atoms. The molecule has 0 aliphatic carbocycles. The second-order valence-corrected chi connectivity index (χ2v) is 5.19. The first-order chi connectivity index (χ1) is 9.60. The molecule has 0 radical (unpaired) electrons. The Bertz CT molecular complexity index is 566. The molecule has 0 atom stereocenters. The van der Waals surface area contributed by atoms with E-state index in [4.69, 9.17) is 17.7 Å². The van der Waals surface area contributed by atoms with E-state index in [1.807, 2.05) is 30.3 Å². The Hall–Kier alpha value is -1.82. The average Bonchev–Trinajstić information content (AvgIpc) is 2.46. The zero-order valence-corrected chi connectivity index (χ0v) is 12.4. The Labute approximate surface area is 125 Å². The number of thioether (sulfide) groups is 1. The molecule has 20 heavy (non-hydrogen) atoms. The number of ether oxygens (including phenoxy) is 1. The van der Waals surface area contributed by atoms with Gasteiger partial charge in [-0.05, 0) is 12.5 Å². The van der Waals surface area contributed by atoms with Gasteiger partial charge in [-0.15, -0.1) is 11.8 Å². The van der Waals surface area contributed by atoms with Gasteiger partial charge in [0.25, 0.3) is 5.78 Å². The van der Waals surface area contributed by atoms with Gasteiger partial charge in [-0.1, -0.05) is 42.5 Å². The number of carbonyl (C=O) groups excluding carboxylic acids is 2. The summed E-state index contributed by atoms with van der Waals surface area (Å²) in [6, 6.07) is 9.18. The van der Waals surface area contributed by atoms with Gasteiger partial charge in [0.15, 0.2) is 0 Å². The summed E-state index contributed by atoms with van der Waals surface area (Å²) < 4.78 is 5.14. The second-order valence-electron chi connectivity index (χ2n) is 3.53. The van der Waals surface area contributed by atoms with Crippen LogP contribution in [-0.4, -0.2) is 38.8 Å². The number of rotatable bonds is 6. The van der Waals surface area contributed by atoms with E-state index in [9.17, 15) is 9.59 Å². The summed E-state index contributed by atoms with van der Waals surface area (Å²) in [6.45, 7) is 1.69. The zero-order valence-electron chi connectivity index (χ0n) is 10.7. The lowest BCUT2D eigenvalue weighted by molar-refractivity contribution is -0.141. The molecule has 0 spiro atoms. The lowest BCUT2D eigenvalue weighted by atomic mass is 10.2. The van der Waals surface area contributed by atoms with Crippen molar-refractivity contribution in [1.29, 1.82) is 0 Å². The number of benzene rings is 1. The molecule has 0 aliphatic heterocycles. The summed E-state index contributed by atoms with van der Waals surface area (Å²) in [6.07, 6.45) is 0. The minimum atomic E-state index is -0.939. The van der Waals surface area contributed by atoms with Crippen molar-refractivity contribution in [3.63, 3.8) is 0 Å². The van der Waals surface area contributed by atoms with Gasteiger partial charge in [-0.2, -0.15) is 4.79 Å². The van der Waals surface area contributed by atoms with Crippen LogP contribution in [0.15, 0.2) is 30.3 Å². The molecular weight excluding hydrogens is 296 g/mol. The van der Waals surface area contributed by atoms with E-state index in [0.717, 1.165) is 17.3 Å². The van der Waals surface area contributed by atoms with Gasteiger partial charge in [0.05, 0.1) is 16.6 Å². The van der Waals surface area contributed by atoms with Crippen LogP contribution in [-0.2, 0) is 14.3 Å². The molecule has 0 saturated carbocycles. The first-order valence-electron chi connectivity index (χ1n) is 5.74. The highest BCUT2D eigenvalue weighted by Gasteiger charge is 2.30. The molecule has 0 amide bonds. The van der Waals surface area contributed by atoms with Crippen LogP contribution < -0.4 is 0 Å². The van der Waals surface area contributed by atoms with Gasteiger partial charge in [0.1, 0.15) is 0 Å². The summed E-state index contributed by atoms with van der Waals surface area (Å²) in [5.74, 6) is -1.66. The molecular formula is C13H12N2O3S2. The smallest absolute Gasteiger partial charge is 0.442 e. The molecule has 0 aromatic heterocycles. The van der Waals surface area contributed by atoms with Crippen LogP contribution in [0, 0.1) is 0 Å². The molecule has 0 unspecified atom stereocenters. The lowest BCUT2D eigenvalue weighted by Crippen LogP contribution is -2.29. The maximum atomic E-state index is 11.8. The van der Waals surface area contributed by atoms with Gasteiger partial charge in [0, 0.05) is 0 Å². The Morgan fingerprint density at radius 3 is 2.55 bits per heavy atom. The molecule has 0 saturated heterocycles. The molecule has 0 fully saturated rings. The lowest BCUT2D eigenvalue weighted by Gasteiger charge is -2.01. The van der Waals surface area contributed by atoms with Crippen molar-refractivity contribution in [3.8, 4) is 0 Å². The minimum Gasteiger partial charge on any atom is -0.457 e. The van der Waals surface area contributed by atoms with Crippen LogP contribution in [0.5, 0.6) is 0 Å². The summed E-state index contributed by atoms with van der Waals surface area (Å²) in [5, 5.41) is 0. The fourth-order valence-electron chi connectivity index (χ4n) is 1.27. The van der Waals surface area contributed by atoms with Crippen molar-refractivity contribution in [1.82, 2.24) is 0 Å². The molecule has 7 heteroatoms. The third-order valence-electron chi connectivity index (χ3n) is 2.18. The molecule has 5 nitrogen and oxygen atoms in total. The highest BCUT2D eigenvalue weighted by Crippen LogP contribution is 2.13. The minimum absolute atomic E-state index is 0.0913. The Kier molecular flexibility index (Phi) is 6.79. The summed E-state index contributed by atoms with van der Waals surface area (Å²) >= 11 is 6.27. The zero-order chi connectivity index (χ0) is 15.0. The summed E-state index contributed by atoms with van der Waals surface area (Å²) in [4.78, 5) is 25.8. The van der Waals surface area contributed by atoms with Gasteiger partial charge in [-0.3, -0.25) is 4.79 Å². The van der Waals surface area contributed by atoms with Gasteiger partial charge in [0.2, 0.25) is 0 Å². The number of Topliss-reactive ketones (excluding diaryl/α,β-unsaturated/α-hetero) is 1. The van der Waals surface area contributed by atoms with Crippen LogP contribution in [0.25, 0.3) is 5.53 Å². The molecule has 0 N–H and O–H groups in total. The number of nitrogens with zero attached hydrogens (tertiary/aromatic N) is 2. The topological polar surface area (TPSA) is 79.8 Å². The fourth-order valence-corrected chi connectivity index (χ4v) is 2.28. The third-order valence-corrected chi connectivity index (χ3v) is 3.67. The quantitative estimate of drug-likeness (QED) is 0.200. The number of thiocarbonyl (C=S) groups is 1. The normalized spacial score (nSPS) is 9.45. The standard InChI is InChI=1S/C13H12N2O3S2/c1-2-18-12(17)11(15-14)10(16)8-20-13(19)9-6-4-3-5-7-9/h3-7H,2,8H2,1H3. The van der Waals surface area contributed by atoms with Gasteiger partial charge >= 0.3 is 11.7 Å². The van der Waals surface area contributed by atoms with Crippen molar-refractivity contribution < 1.29 is 19.1 Å². The fraction of sp³-hybridized carbons (Fsp3) is 0.231. The van der Waals surface area contributed by atoms with Crippen LogP contribution >= 0.6 is 24.0 Å². The van der Waals surface area contributed by atoms with E-state index in [0.29, 0.717) is 4.20 Å². The monoisotopic (exact) mass is 308 g/mol.